The smallest absolute Gasteiger partial charge is 0.404 e. The zero-order valence-corrected chi connectivity index (χ0v) is 12.8. The van der Waals surface area contributed by atoms with E-state index in [-0.39, 0.29) is 11.8 Å². The van der Waals surface area contributed by atoms with E-state index in [1.54, 1.807) is 12.1 Å². The molecule has 1 unspecified atom stereocenters. The zero-order valence-electron chi connectivity index (χ0n) is 10.4. The van der Waals surface area contributed by atoms with Crippen molar-refractivity contribution >= 4 is 33.0 Å². The van der Waals surface area contributed by atoms with E-state index in [0.717, 1.165) is 9.35 Å². The highest BCUT2D eigenvalue weighted by Crippen LogP contribution is 2.34. The predicted octanol–water partition coefficient (Wildman–Crippen LogP) is 5.58. The van der Waals surface area contributed by atoms with Gasteiger partial charge in [-0.3, -0.25) is 0 Å². The minimum Gasteiger partial charge on any atom is -0.404 e. The van der Waals surface area contributed by atoms with E-state index in [1.807, 2.05) is 18.4 Å². The molecular formula is C13H11BrF3NOS. The Morgan fingerprint density at radius 1 is 1.30 bits per heavy atom. The third kappa shape index (κ3) is 4.14. The van der Waals surface area contributed by atoms with E-state index >= 15 is 0 Å². The molecule has 0 aliphatic carbocycles. The molecule has 0 aliphatic rings. The molecule has 0 aliphatic heterocycles. The molecule has 1 aromatic carbocycles. The van der Waals surface area contributed by atoms with Crippen LogP contribution in [0.25, 0.3) is 0 Å². The first-order valence-corrected chi connectivity index (χ1v) is 7.37. The summed E-state index contributed by atoms with van der Waals surface area (Å²) >= 11 is 4.87. The van der Waals surface area contributed by atoms with Crippen molar-refractivity contribution in [2.75, 3.05) is 5.32 Å². The highest BCUT2D eigenvalue weighted by atomic mass is 79.9. The van der Waals surface area contributed by atoms with Crippen LogP contribution < -0.4 is 10.1 Å². The van der Waals surface area contributed by atoms with E-state index in [0.29, 0.717) is 5.69 Å². The number of rotatable bonds is 4. The predicted molar refractivity (Wildman–Crippen MR) is 77.2 cm³/mol. The molecule has 108 valence electrons. The average molecular weight is 366 g/mol. The molecule has 1 atom stereocenters. The normalized spacial score (nSPS) is 13.1. The molecule has 1 aromatic heterocycles. The number of hydrogen-bond donors (Lipinski definition) is 1. The second-order valence-corrected chi connectivity index (χ2v) is 5.94. The van der Waals surface area contributed by atoms with Gasteiger partial charge in [0.05, 0.1) is 11.7 Å². The van der Waals surface area contributed by atoms with Crippen LogP contribution in [-0.4, -0.2) is 6.36 Å². The number of alkyl halides is 3. The van der Waals surface area contributed by atoms with Crippen LogP contribution in [0.5, 0.6) is 5.75 Å². The summed E-state index contributed by atoms with van der Waals surface area (Å²) in [6, 6.07) is 7.80. The monoisotopic (exact) mass is 365 g/mol. The summed E-state index contributed by atoms with van der Waals surface area (Å²) in [5.74, 6) is -0.234. The molecule has 20 heavy (non-hydrogen) atoms. The van der Waals surface area contributed by atoms with E-state index in [1.165, 1.54) is 23.5 Å². The molecule has 0 spiro atoms. The second-order valence-electron chi connectivity index (χ2n) is 4.08. The molecule has 2 rings (SSSR count). The number of halogens is 4. The Morgan fingerprint density at radius 3 is 2.60 bits per heavy atom. The standard InChI is InChI=1S/C13H11BrF3NOS/c1-8(12-6-9(14)7-20-12)18-10-4-2-3-5-11(10)19-13(15,16)17/h2-8,18H,1H3. The Morgan fingerprint density at radius 2 is 2.00 bits per heavy atom. The fourth-order valence-electron chi connectivity index (χ4n) is 1.66. The summed E-state index contributed by atoms with van der Waals surface area (Å²) in [7, 11) is 0. The molecule has 0 saturated carbocycles. The number of thiophene rings is 1. The Balaban J connectivity index is 2.17. The quantitative estimate of drug-likeness (QED) is 0.763. The van der Waals surface area contributed by atoms with Crippen molar-refractivity contribution < 1.29 is 17.9 Å². The maximum Gasteiger partial charge on any atom is 0.573 e. The second kappa shape index (κ2) is 6.05. The highest BCUT2D eigenvalue weighted by Gasteiger charge is 2.32. The van der Waals surface area contributed by atoms with Crippen LogP contribution in [0.4, 0.5) is 18.9 Å². The van der Waals surface area contributed by atoms with Crippen molar-refractivity contribution in [2.24, 2.45) is 0 Å². The Labute approximate surface area is 126 Å². The van der Waals surface area contributed by atoms with Gasteiger partial charge in [0.1, 0.15) is 0 Å². The van der Waals surface area contributed by atoms with E-state index in [4.69, 9.17) is 0 Å². The molecule has 2 nitrogen and oxygen atoms in total. The lowest BCUT2D eigenvalue weighted by Gasteiger charge is -2.18. The van der Waals surface area contributed by atoms with Gasteiger partial charge in [0.15, 0.2) is 5.75 Å². The van der Waals surface area contributed by atoms with Gasteiger partial charge in [-0.1, -0.05) is 12.1 Å². The highest BCUT2D eigenvalue weighted by molar-refractivity contribution is 9.10. The van der Waals surface area contributed by atoms with Crippen molar-refractivity contribution in [3.05, 3.63) is 45.1 Å². The lowest BCUT2D eigenvalue weighted by Crippen LogP contribution is -2.18. The van der Waals surface area contributed by atoms with Crippen LogP contribution in [-0.2, 0) is 0 Å². The Kier molecular flexibility index (Phi) is 4.59. The maximum atomic E-state index is 12.3. The lowest BCUT2D eigenvalue weighted by molar-refractivity contribution is -0.274. The Bertz CT molecular complexity index is 585. The van der Waals surface area contributed by atoms with Crippen LogP contribution in [0.1, 0.15) is 17.8 Å². The van der Waals surface area contributed by atoms with Crippen LogP contribution >= 0.6 is 27.3 Å². The molecule has 1 N–H and O–H groups in total. The van der Waals surface area contributed by atoms with E-state index in [2.05, 4.69) is 26.0 Å². The van der Waals surface area contributed by atoms with Gasteiger partial charge in [0.2, 0.25) is 0 Å². The first kappa shape index (κ1) is 15.2. The summed E-state index contributed by atoms with van der Waals surface area (Å²) in [5, 5.41) is 4.95. The number of para-hydroxylation sites is 2. The van der Waals surface area contributed by atoms with Gasteiger partial charge >= 0.3 is 6.36 Å². The van der Waals surface area contributed by atoms with Gasteiger partial charge in [-0.2, -0.15) is 0 Å². The first-order chi connectivity index (χ1) is 9.35. The number of ether oxygens (including phenoxy) is 1. The zero-order chi connectivity index (χ0) is 14.8. The fourth-order valence-corrected chi connectivity index (χ4v) is 3.11. The fraction of sp³-hybridized carbons (Fsp3) is 0.231. The van der Waals surface area contributed by atoms with Crippen molar-refractivity contribution in [3.63, 3.8) is 0 Å². The van der Waals surface area contributed by atoms with Crippen molar-refractivity contribution in [1.29, 1.82) is 0 Å². The van der Waals surface area contributed by atoms with E-state index in [9.17, 15) is 13.2 Å². The summed E-state index contributed by atoms with van der Waals surface area (Å²) in [6.07, 6.45) is -4.70. The van der Waals surface area contributed by atoms with Gasteiger partial charge in [-0.05, 0) is 41.1 Å². The molecule has 1 heterocycles. The number of nitrogens with one attached hydrogen (secondary N) is 1. The van der Waals surface area contributed by atoms with Crippen molar-refractivity contribution in [3.8, 4) is 5.75 Å². The molecule has 0 radical (unpaired) electrons. The van der Waals surface area contributed by atoms with Crippen molar-refractivity contribution in [1.82, 2.24) is 0 Å². The van der Waals surface area contributed by atoms with Crippen molar-refractivity contribution in [2.45, 2.75) is 19.3 Å². The molecule has 2 aromatic rings. The summed E-state index contributed by atoms with van der Waals surface area (Å²) in [4.78, 5) is 1.01. The molecule has 0 amide bonds. The summed E-state index contributed by atoms with van der Waals surface area (Å²) < 4.78 is 41.9. The van der Waals surface area contributed by atoms with Crippen LogP contribution in [0.3, 0.4) is 0 Å². The SMILES string of the molecule is CC(Nc1ccccc1OC(F)(F)F)c1cc(Br)cs1. The van der Waals surface area contributed by atoms with Crippen LogP contribution in [0, 0.1) is 0 Å². The summed E-state index contributed by atoms with van der Waals surface area (Å²) in [5.41, 5.74) is 0.307. The third-order valence-electron chi connectivity index (χ3n) is 2.50. The van der Waals surface area contributed by atoms with Gasteiger partial charge in [-0.25, -0.2) is 0 Å². The van der Waals surface area contributed by atoms with Gasteiger partial charge in [-0.15, -0.1) is 24.5 Å². The number of anilines is 1. The van der Waals surface area contributed by atoms with Gasteiger partial charge in [0.25, 0.3) is 0 Å². The van der Waals surface area contributed by atoms with Crippen LogP contribution in [0.15, 0.2) is 40.2 Å². The Hall–Kier alpha value is -1.21. The average Bonchev–Trinajstić information content (AvgIpc) is 2.77. The largest absolute Gasteiger partial charge is 0.573 e. The maximum absolute atomic E-state index is 12.3. The molecule has 0 saturated heterocycles. The molecule has 0 fully saturated rings. The van der Waals surface area contributed by atoms with Crippen LogP contribution in [0.2, 0.25) is 0 Å². The molecule has 7 heteroatoms. The minimum absolute atomic E-state index is 0.121. The first-order valence-electron chi connectivity index (χ1n) is 5.70. The third-order valence-corrected chi connectivity index (χ3v) is 4.38. The summed E-state index contributed by atoms with van der Waals surface area (Å²) in [6.45, 7) is 1.88. The van der Waals surface area contributed by atoms with Gasteiger partial charge < -0.3 is 10.1 Å². The minimum atomic E-state index is -4.70. The molecule has 0 bridgehead atoms. The van der Waals surface area contributed by atoms with Gasteiger partial charge in [0, 0.05) is 14.7 Å². The van der Waals surface area contributed by atoms with E-state index < -0.39 is 6.36 Å². The topological polar surface area (TPSA) is 21.3 Å². The lowest BCUT2D eigenvalue weighted by atomic mass is 10.2. The number of hydrogen-bond acceptors (Lipinski definition) is 3. The number of benzene rings is 1. The molecular weight excluding hydrogens is 355 g/mol.